The molecule has 0 heterocycles. The molecular weight excluding hydrogens is 224 g/mol. The first-order valence-corrected chi connectivity index (χ1v) is 7.29. The van der Waals surface area contributed by atoms with E-state index in [-0.39, 0.29) is 11.5 Å². The van der Waals surface area contributed by atoms with Crippen molar-refractivity contribution in [1.82, 2.24) is 4.90 Å². The minimum absolute atomic E-state index is 0.183. The maximum atomic E-state index is 6.27. The largest absolute Gasteiger partial charge is 0.383 e. The Morgan fingerprint density at radius 1 is 1.28 bits per heavy atom. The van der Waals surface area contributed by atoms with Gasteiger partial charge in [0.05, 0.1) is 6.61 Å². The molecule has 1 aliphatic rings. The van der Waals surface area contributed by atoms with Gasteiger partial charge >= 0.3 is 0 Å². The summed E-state index contributed by atoms with van der Waals surface area (Å²) in [6.45, 7) is 13.1. The average molecular weight is 256 g/mol. The zero-order chi connectivity index (χ0) is 13.9. The fraction of sp³-hybridized carbons (Fsp3) is 1.00. The van der Waals surface area contributed by atoms with Gasteiger partial charge in [-0.3, -0.25) is 4.90 Å². The zero-order valence-electron chi connectivity index (χ0n) is 13.1. The van der Waals surface area contributed by atoms with Crippen molar-refractivity contribution >= 4 is 0 Å². The fourth-order valence-corrected chi connectivity index (χ4v) is 3.23. The van der Waals surface area contributed by atoms with Crippen LogP contribution in [0.3, 0.4) is 0 Å². The molecule has 3 nitrogen and oxygen atoms in total. The van der Waals surface area contributed by atoms with E-state index in [1.165, 1.54) is 12.8 Å². The molecule has 0 radical (unpaired) electrons. The monoisotopic (exact) mass is 256 g/mol. The Morgan fingerprint density at radius 2 is 1.83 bits per heavy atom. The van der Waals surface area contributed by atoms with Gasteiger partial charge in [-0.05, 0) is 38.0 Å². The molecule has 3 heteroatoms. The molecule has 1 aliphatic carbocycles. The van der Waals surface area contributed by atoms with Gasteiger partial charge in [-0.2, -0.15) is 0 Å². The van der Waals surface area contributed by atoms with Crippen LogP contribution in [0, 0.1) is 11.3 Å². The van der Waals surface area contributed by atoms with Gasteiger partial charge in [0.1, 0.15) is 0 Å². The molecule has 1 fully saturated rings. The topological polar surface area (TPSA) is 38.5 Å². The molecule has 1 saturated carbocycles. The molecule has 108 valence electrons. The Labute approximate surface area is 113 Å². The molecule has 0 spiro atoms. The highest BCUT2D eigenvalue weighted by molar-refractivity contribution is 4.95. The third kappa shape index (κ3) is 4.22. The Hall–Kier alpha value is -0.120. The van der Waals surface area contributed by atoms with Gasteiger partial charge in [-0.25, -0.2) is 0 Å². The Bertz CT molecular complexity index is 243. The molecule has 0 aromatic carbocycles. The van der Waals surface area contributed by atoms with Crippen molar-refractivity contribution in [2.24, 2.45) is 17.1 Å². The van der Waals surface area contributed by atoms with Crippen molar-refractivity contribution in [3.8, 4) is 0 Å². The second kappa shape index (κ2) is 6.36. The maximum absolute atomic E-state index is 6.27. The predicted molar refractivity (Wildman–Crippen MR) is 77.7 cm³/mol. The molecule has 18 heavy (non-hydrogen) atoms. The summed E-state index contributed by atoms with van der Waals surface area (Å²) >= 11 is 0. The van der Waals surface area contributed by atoms with E-state index in [0.717, 1.165) is 19.1 Å². The van der Waals surface area contributed by atoms with Crippen LogP contribution in [-0.4, -0.2) is 43.3 Å². The minimum Gasteiger partial charge on any atom is -0.383 e. The van der Waals surface area contributed by atoms with Crippen LogP contribution in [0.2, 0.25) is 0 Å². The highest BCUT2D eigenvalue weighted by Crippen LogP contribution is 2.38. The SMILES string of the molecule is COCCN(C(C)C1CC1)C(C(C)N)C(C)(C)C. The molecule has 0 aromatic rings. The highest BCUT2D eigenvalue weighted by Gasteiger charge is 2.40. The van der Waals surface area contributed by atoms with Crippen LogP contribution in [0.15, 0.2) is 0 Å². The molecule has 0 aromatic heterocycles. The maximum Gasteiger partial charge on any atom is 0.0589 e. The van der Waals surface area contributed by atoms with Gasteiger partial charge in [0.2, 0.25) is 0 Å². The smallest absolute Gasteiger partial charge is 0.0589 e. The summed E-state index contributed by atoms with van der Waals surface area (Å²) in [6.07, 6.45) is 2.75. The summed E-state index contributed by atoms with van der Waals surface area (Å²) in [6, 6.07) is 1.21. The number of nitrogens with zero attached hydrogens (tertiary/aromatic N) is 1. The Morgan fingerprint density at radius 3 is 2.17 bits per heavy atom. The first kappa shape index (κ1) is 15.9. The Balaban J connectivity index is 2.82. The first-order chi connectivity index (χ1) is 8.29. The van der Waals surface area contributed by atoms with Crippen molar-refractivity contribution in [2.45, 2.75) is 65.6 Å². The van der Waals surface area contributed by atoms with Crippen molar-refractivity contribution in [2.75, 3.05) is 20.3 Å². The lowest BCUT2D eigenvalue weighted by Crippen LogP contribution is -2.57. The van der Waals surface area contributed by atoms with Crippen molar-refractivity contribution in [3.05, 3.63) is 0 Å². The fourth-order valence-electron chi connectivity index (χ4n) is 3.23. The average Bonchev–Trinajstić information content (AvgIpc) is 3.03. The number of methoxy groups -OCH3 is 1. The first-order valence-electron chi connectivity index (χ1n) is 7.29. The molecule has 0 bridgehead atoms. The quantitative estimate of drug-likeness (QED) is 0.760. The number of ether oxygens (including phenoxy) is 1. The van der Waals surface area contributed by atoms with Crippen LogP contribution in [0.1, 0.15) is 47.5 Å². The number of hydrogen-bond donors (Lipinski definition) is 1. The van der Waals surface area contributed by atoms with Gasteiger partial charge in [-0.15, -0.1) is 0 Å². The minimum atomic E-state index is 0.183. The van der Waals surface area contributed by atoms with Gasteiger partial charge in [0.15, 0.2) is 0 Å². The lowest BCUT2D eigenvalue weighted by Gasteiger charge is -2.45. The van der Waals surface area contributed by atoms with Gasteiger partial charge in [0.25, 0.3) is 0 Å². The van der Waals surface area contributed by atoms with Crippen LogP contribution < -0.4 is 5.73 Å². The summed E-state index contributed by atoms with van der Waals surface area (Å²) in [5.74, 6) is 0.866. The molecular formula is C15H32N2O. The Kier molecular flexibility index (Phi) is 5.63. The van der Waals surface area contributed by atoms with Crippen molar-refractivity contribution in [3.63, 3.8) is 0 Å². The van der Waals surface area contributed by atoms with Crippen molar-refractivity contribution in [1.29, 1.82) is 0 Å². The van der Waals surface area contributed by atoms with E-state index < -0.39 is 0 Å². The molecule has 0 amide bonds. The van der Waals surface area contributed by atoms with Gasteiger partial charge in [-0.1, -0.05) is 20.8 Å². The standard InChI is InChI=1S/C15H32N2O/c1-11(16)14(15(3,4)5)17(9-10-18-6)12(2)13-7-8-13/h11-14H,7-10,16H2,1-6H3. The molecule has 3 atom stereocenters. The predicted octanol–water partition coefficient (Wildman–Crippen LogP) is 2.50. The number of hydrogen-bond acceptors (Lipinski definition) is 3. The number of nitrogens with two attached hydrogens (primary N) is 1. The van der Waals surface area contributed by atoms with Crippen LogP contribution in [0.25, 0.3) is 0 Å². The summed E-state index contributed by atoms with van der Waals surface area (Å²) in [4.78, 5) is 2.59. The highest BCUT2D eigenvalue weighted by atomic mass is 16.5. The second-order valence-corrected chi connectivity index (χ2v) is 6.98. The van der Waals surface area contributed by atoms with E-state index in [0.29, 0.717) is 12.1 Å². The van der Waals surface area contributed by atoms with E-state index >= 15 is 0 Å². The number of rotatable bonds is 7. The second-order valence-electron chi connectivity index (χ2n) is 6.98. The molecule has 3 unspecified atom stereocenters. The van der Waals surface area contributed by atoms with E-state index in [9.17, 15) is 0 Å². The van der Waals surface area contributed by atoms with E-state index in [2.05, 4.69) is 39.5 Å². The van der Waals surface area contributed by atoms with E-state index in [4.69, 9.17) is 10.5 Å². The molecule has 0 saturated heterocycles. The summed E-state index contributed by atoms with van der Waals surface area (Å²) in [7, 11) is 1.78. The summed E-state index contributed by atoms with van der Waals surface area (Å²) in [5, 5.41) is 0. The third-order valence-corrected chi connectivity index (χ3v) is 4.12. The summed E-state index contributed by atoms with van der Waals surface area (Å²) < 4.78 is 5.28. The molecule has 2 N–H and O–H groups in total. The molecule has 1 rings (SSSR count). The summed E-state index contributed by atoms with van der Waals surface area (Å²) in [5.41, 5.74) is 6.47. The lowest BCUT2D eigenvalue weighted by molar-refractivity contribution is 0.0211. The van der Waals surface area contributed by atoms with Crippen LogP contribution >= 0.6 is 0 Å². The normalized spacial score (nSPS) is 22.0. The van der Waals surface area contributed by atoms with E-state index in [1.54, 1.807) is 7.11 Å². The van der Waals surface area contributed by atoms with E-state index in [1.807, 2.05) is 0 Å². The van der Waals surface area contributed by atoms with Gasteiger partial charge < -0.3 is 10.5 Å². The van der Waals surface area contributed by atoms with Crippen LogP contribution in [0.4, 0.5) is 0 Å². The molecule has 0 aliphatic heterocycles. The lowest BCUT2D eigenvalue weighted by atomic mass is 9.81. The third-order valence-electron chi connectivity index (χ3n) is 4.12. The zero-order valence-corrected chi connectivity index (χ0v) is 13.1. The van der Waals surface area contributed by atoms with Crippen molar-refractivity contribution < 1.29 is 4.74 Å². The van der Waals surface area contributed by atoms with Crippen LogP contribution in [-0.2, 0) is 4.74 Å². The van der Waals surface area contributed by atoms with Crippen LogP contribution in [0.5, 0.6) is 0 Å². The van der Waals surface area contributed by atoms with Gasteiger partial charge in [0, 0.05) is 31.8 Å².